The van der Waals surface area contributed by atoms with Crippen LogP contribution in [0.15, 0.2) is 0 Å². The van der Waals surface area contributed by atoms with Gasteiger partial charge in [0.25, 0.3) is 0 Å². The molecule has 0 atom stereocenters. The van der Waals surface area contributed by atoms with Gasteiger partial charge in [-0.2, -0.15) is 0 Å². The van der Waals surface area contributed by atoms with Gasteiger partial charge in [0.15, 0.2) is 0 Å². The van der Waals surface area contributed by atoms with Gasteiger partial charge in [-0.3, -0.25) is 4.90 Å². The van der Waals surface area contributed by atoms with Gasteiger partial charge < -0.3 is 15.8 Å². The number of nitrogens with two attached hydrogens (primary N) is 1. The number of rotatable bonds is 6. The van der Waals surface area contributed by atoms with Crippen LogP contribution in [0.25, 0.3) is 0 Å². The zero-order chi connectivity index (χ0) is 14.4. The zero-order valence-electron chi connectivity index (χ0n) is 12.5. The fourth-order valence-corrected chi connectivity index (χ4v) is 2.25. The summed E-state index contributed by atoms with van der Waals surface area (Å²) in [6.45, 7) is 9.62. The lowest BCUT2D eigenvalue weighted by molar-refractivity contribution is 0.0398. The van der Waals surface area contributed by atoms with Crippen LogP contribution in [-0.4, -0.2) is 54.3 Å². The maximum absolute atomic E-state index is 5.95. The number of nitrogens with zero attached hydrogens (tertiary/aromatic N) is 3. The molecule has 0 radical (unpaired) electrons. The Morgan fingerprint density at radius 2 is 2.05 bits per heavy atom. The third-order valence-corrected chi connectivity index (χ3v) is 3.53. The van der Waals surface area contributed by atoms with Crippen molar-refractivity contribution < 1.29 is 4.74 Å². The van der Waals surface area contributed by atoms with E-state index in [4.69, 9.17) is 10.5 Å². The standard InChI is InChI=1S/C14H25N5O/c1-3-4-12-17-13(15)11(2)14(18-12)16-5-6-19-7-9-20-10-8-19/h3-10H2,1-2H3,(H3,15,16,17,18). The molecular formula is C14H25N5O. The molecule has 1 fully saturated rings. The van der Waals surface area contributed by atoms with E-state index in [0.29, 0.717) is 5.82 Å². The Hall–Kier alpha value is -1.40. The molecular weight excluding hydrogens is 254 g/mol. The van der Waals surface area contributed by atoms with Crippen LogP contribution < -0.4 is 11.1 Å². The highest BCUT2D eigenvalue weighted by Gasteiger charge is 2.11. The largest absolute Gasteiger partial charge is 0.383 e. The Morgan fingerprint density at radius 3 is 2.75 bits per heavy atom. The fourth-order valence-electron chi connectivity index (χ4n) is 2.25. The first kappa shape index (κ1) is 15.0. The van der Waals surface area contributed by atoms with Crippen molar-refractivity contribution in [1.29, 1.82) is 0 Å². The quantitative estimate of drug-likeness (QED) is 0.811. The van der Waals surface area contributed by atoms with Gasteiger partial charge in [0.1, 0.15) is 17.5 Å². The van der Waals surface area contributed by atoms with Crippen molar-refractivity contribution in [2.45, 2.75) is 26.7 Å². The van der Waals surface area contributed by atoms with Gasteiger partial charge in [0.05, 0.1) is 13.2 Å². The third kappa shape index (κ3) is 4.05. The van der Waals surface area contributed by atoms with Crippen LogP contribution in [0.5, 0.6) is 0 Å². The number of nitrogen functional groups attached to an aromatic ring is 1. The van der Waals surface area contributed by atoms with E-state index in [9.17, 15) is 0 Å². The average molecular weight is 279 g/mol. The molecule has 0 aromatic carbocycles. The van der Waals surface area contributed by atoms with E-state index in [1.807, 2.05) is 6.92 Å². The summed E-state index contributed by atoms with van der Waals surface area (Å²) in [7, 11) is 0. The molecule has 0 bridgehead atoms. The van der Waals surface area contributed by atoms with Crippen molar-refractivity contribution in [2.24, 2.45) is 0 Å². The molecule has 6 heteroatoms. The SMILES string of the molecule is CCCc1nc(N)c(C)c(NCCN2CCOCC2)n1. The van der Waals surface area contributed by atoms with Crippen LogP contribution in [0.4, 0.5) is 11.6 Å². The molecule has 0 aliphatic carbocycles. The van der Waals surface area contributed by atoms with E-state index >= 15 is 0 Å². The first-order valence-electron chi connectivity index (χ1n) is 7.37. The molecule has 3 N–H and O–H groups in total. The lowest BCUT2D eigenvalue weighted by Gasteiger charge is -2.26. The number of morpholine rings is 1. The molecule has 6 nitrogen and oxygen atoms in total. The van der Waals surface area contributed by atoms with E-state index in [1.165, 1.54) is 0 Å². The Bertz CT molecular complexity index is 432. The van der Waals surface area contributed by atoms with E-state index < -0.39 is 0 Å². The smallest absolute Gasteiger partial charge is 0.134 e. The van der Waals surface area contributed by atoms with Gasteiger partial charge in [-0.25, -0.2) is 9.97 Å². The summed E-state index contributed by atoms with van der Waals surface area (Å²) in [5.41, 5.74) is 6.89. The Balaban J connectivity index is 1.90. The summed E-state index contributed by atoms with van der Waals surface area (Å²) < 4.78 is 5.34. The number of aryl methyl sites for hydroxylation is 1. The molecule has 0 saturated carbocycles. The summed E-state index contributed by atoms with van der Waals surface area (Å²) in [6.07, 6.45) is 1.89. The number of anilines is 2. The number of hydrogen-bond donors (Lipinski definition) is 2. The predicted molar refractivity (Wildman–Crippen MR) is 80.9 cm³/mol. The Kier molecular flexibility index (Phi) is 5.55. The second-order valence-corrected chi connectivity index (χ2v) is 5.13. The van der Waals surface area contributed by atoms with Crippen LogP contribution in [0.3, 0.4) is 0 Å². The summed E-state index contributed by atoms with van der Waals surface area (Å²) >= 11 is 0. The van der Waals surface area contributed by atoms with Crippen LogP contribution in [0.2, 0.25) is 0 Å². The maximum Gasteiger partial charge on any atom is 0.134 e. The minimum atomic E-state index is 0.581. The molecule has 1 aromatic rings. The van der Waals surface area contributed by atoms with Crippen LogP contribution in [0.1, 0.15) is 24.7 Å². The van der Waals surface area contributed by atoms with E-state index in [0.717, 1.165) is 69.4 Å². The highest BCUT2D eigenvalue weighted by Crippen LogP contribution is 2.17. The van der Waals surface area contributed by atoms with Crippen molar-refractivity contribution >= 4 is 11.6 Å². The summed E-state index contributed by atoms with van der Waals surface area (Å²) in [4.78, 5) is 11.3. The molecule has 1 aliphatic rings. The molecule has 2 rings (SSSR count). The number of nitrogens with one attached hydrogen (secondary N) is 1. The Morgan fingerprint density at radius 1 is 1.30 bits per heavy atom. The molecule has 1 saturated heterocycles. The van der Waals surface area contributed by atoms with Crippen molar-refractivity contribution in [2.75, 3.05) is 50.4 Å². The number of aromatic nitrogens is 2. The van der Waals surface area contributed by atoms with Crippen LogP contribution >= 0.6 is 0 Å². The topological polar surface area (TPSA) is 76.3 Å². The second-order valence-electron chi connectivity index (χ2n) is 5.13. The van der Waals surface area contributed by atoms with Crippen LogP contribution in [0, 0.1) is 6.92 Å². The highest BCUT2D eigenvalue weighted by atomic mass is 16.5. The van der Waals surface area contributed by atoms with E-state index in [2.05, 4.69) is 27.1 Å². The van der Waals surface area contributed by atoms with Gasteiger partial charge >= 0.3 is 0 Å². The monoisotopic (exact) mass is 279 g/mol. The lowest BCUT2D eigenvalue weighted by Crippen LogP contribution is -2.39. The summed E-state index contributed by atoms with van der Waals surface area (Å²) in [5, 5.41) is 3.39. The molecule has 1 aliphatic heterocycles. The molecule has 0 amide bonds. The predicted octanol–water partition coefficient (Wildman–Crippen LogP) is 1.06. The molecule has 112 valence electrons. The molecule has 0 spiro atoms. The third-order valence-electron chi connectivity index (χ3n) is 3.53. The molecule has 1 aromatic heterocycles. The van der Waals surface area contributed by atoms with Gasteiger partial charge in [-0.1, -0.05) is 6.92 Å². The zero-order valence-corrected chi connectivity index (χ0v) is 12.5. The maximum atomic E-state index is 5.95. The summed E-state index contributed by atoms with van der Waals surface area (Å²) in [5.74, 6) is 2.27. The Labute approximate surface area is 120 Å². The van der Waals surface area contributed by atoms with Crippen LogP contribution in [-0.2, 0) is 11.2 Å². The molecule has 20 heavy (non-hydrogen) atoms. The van der Waals surface area contributed by atoms with E-state index in [-0.39, 0.29) is 0 Å². The van der Waals surface area contributed by atoms with Crippen molar-refractivity contribution in [1.82, 2.24) is 14.9 Å². The van der Waals surface area contributed by atoms with Crippen molar-refractivity contribution in [3.05, 3.63) is 11.4 Å². The number of hydrogen-bond acceptors (Lipinski definition) is 6. The lowest BCUT2D eigenvalue weighted by atomic mass is 10.2. The van der Waals surface area contributed by atoms with Gasteiger partial charge in [-0.15, -0.1) is 0 Å². The second kappa shape index (κ2) is 7.40. The first-order chi connectivity index (χ1) is 9.70. The molecule has 0 unspecified atom stereocenters. The minimum Gasteiger partial charge on any atom is -0.383 e. The molecule has 2 heterocycles. The van der Waals surface area contributed by atoms with Gasteiger partial charge in [-0.05, 0) is 13.3 Å². The first-order valence-corrected chi connectivity index (χ1v) is 7.37. The fraction of sp³-hybridized carbons (Fsp3) is 0.714. The number of ether oxygens (including phenoxy) is 1. The van der Waals surface area contributed by atoms with Crippen molar-refractivity contribution in [3.63, 3.8) is 0 Å². The minimum absolute atomic E-state index is 0.581. The summed E-state index contributed by atoms with van der Waals surface area (Å²) in [6, 6.07) is 0. The van der Waals surface area contributed by atoms with Gasteiger partial charge in [0.2, 0.25) is 0 Å². The highest BCUT2D eigenvalue weighted by molar-refractivity contribution is 5.54. The van der Waals surface area contributed by atoms with E-state index in [1.54, 1.807) is 0 Å². The normalized spacial score (nSPS) is 16.3. The average Bonchev–Trinajstić information content (AvgIpc) is 2.45. The van der Waals surface area contributed by atoms with Crippen molar-refractivity contribution in [3.8, 4) is 0 Å². The van der Waals surface area contributed by atoms with Gasteiger partial charge in [0, 0.05) is 38.2 Å².